The summed E-state index contributed by atoms with van der Waals surface area (Å²) in [5, 5.41) is 27.2. The summed E-state index contributed by atoms with van der Waals surface area (Å²) >= 11 is 0. The van der Waals surface area contributed by atoms with Crippen molar-refractivity contribution in [1.29, 1.82) is 11.0 Å². The molecule has 0 amide bonds. The van der Waals surface area contributed by atoms with E-state index in [9.17, 15) is 62.5 Å². The minimum absolute atomic E-state index is 0.225. The summed E-state index contributed by atoms with van der Waals surface area (Å²) in [5.74, 6) is -4.26. The molecule has 14 nitrogen and oxygen atoms in total. The van der Waals surface area contributed by atoms with Crippen molar-refractivity contribution in [3.63, 3.8) is 0 Å². The smallest absolute Gasteiger partial charge is 0.505 e. The van der Waals surface area contributed by atoms with E-state index in [0.717, 1.165) is 36.4 Å². The number of alkyl halides is 6. The van der Waals surface area contributed by atoms with E-state index >= 15 is 0 Å². The van der Waals surface area contributed by atoms with Crippen LogP contribution in [-0.2, 0) is 20.2 Å². The first-order valence-corrected chi connectivity index (χ1v) is 17.9. The zero-order valence-electron chi connectivity index (χ0n) is 29.2. The summed E-state index contributed by atoms with van der Waals surface area (Å²) in [5.41, 5.74) is -0.296. The van der Waals surface area contributed by atoms with Gasteiger partial charge in [0, 0.05) is 33.0 Å². The topological polar surface area (TPSA) is 240 Å². The number of aromatic hydroxyl groups is 2. The van der Waals surface area contributed by atoms with Crippen LogP contribution in [0.4, 0.5) is 37.7 Å². The first-order chi connectivity index (χ1) is 27.1. The zero-order valence-corrected chi connectivity index (χ0v) is 28.8. The molecule has 6 aromatic carbocycles. The minimum Gasteiger partial charge on any atom is -0.505 e. The minimum atomic E-state index is -5.52. The highest BCUT2D eigenvalue weighted by Crippen LogP contribution is 2.53. The molecule has 0 bridgehead atoms. The van der Waals surface area contributed by atoms with Crippen molar-refractivity contribution in [3.05, 3.63) is 84.9 Å². The van der Waals surface area contributed by atoms with Crippen molar-refractivity contribution in [2.45, 2.75) is 22.5 Å². The number of halogens is 6. The lowest BCUT2D eigenvalue weighted by Crippen LogP contribution is -2.18. The van der Waals surface area contributed by atoms with Crippen molar-refractivity contribution in [2.75, 3.05) is 0 Å². The molecule has 6 rings (SSSR count). The maximum atomic E-state index is 14.0. The number of benzene rings is 6. The quantitative estimate of drug-likeness (QED) is 0.0458. The van der Waals surface area contributed by atoms with Gasteiger partial charge in [-0.3, -0.25) is 9.11 Å². The molecule has 0 aliphatic carbocycles. The van der Waals surface area contributed by atoms with Gasteiger partial charge in [-0.05, 0) is 46.2 Å². The first-order valence-electron chi connectivity index (χ1n) is 16.0. The summed E-state index contributed by atoms with van der Waals surface area (Å²) in [7, 11) is -11.0. The average Bonchev–Trinajstić information content (AvgIpc) is 3.12. The number of hydrogen-bond donors (Lipinski definition) is 6. The molecule has 0 atom stereocenters. The number of rotatable bonds is 9. The summed E-state index contributed by atoms with van der Waals surface area (Å²) in [6, 6.07) is 15.0. The molecule has 290 valence electrons. The van der Waals surface area contributed by atoms with E-state index in [0.29, 0.717) is 12.1 Å². The molecule has 0 aliphatic rings. The normalized spacial score (nSPS) is 13.4. The van der Waals surface area contributed by atoms with E-state index in [2.05, 4.69) is 30.8 Å². The zero-order chi connectivity index (χ0) is 42.5. The Balaban J connectivity index is 1.69. The Morgan fingerprint density at radius 3 is 1.21 bits per heavy atom. The molecule has 0 fully saturated rings. The molecular formula is C34H20F6N4O10S2. The molecule has 0 radical (unpaired) electrons. The van der Waals surface area contributed by atoms with Gasteiger partial charge >= 0.3 is 12.7 Å². The summed E-state index contributed by atoms with van der Waals surface area (Å²) in [6.45, 7) is 0. The molecule has 6 aromatic rings. The second kappa shape index (κ2) is 13.7. The molecule has 6 N–H and O–H groups in total. The Morgan fingerprint density at radius 2 is 0.911 bits per heavy atom. The van der Waals surface area contributed by atoms with Gasteiger partial charge in [0.25, 0.3) is 20.2 Å². The SMILES string of the molecule is [H]/N=N/c1c(S(=O)(=O)O)c(-c2ccc(-c3ccc(-c4c(S(=O)(=O)O)c(/N=N/[H])c(O)c5ccccc45)c(OC(F)(F)F)c3)cc2OC(F)(F)F)c2ccccc2c1O. The lowest BCUT2D eigenvalue weighted by atomic mass is 9.92. The second-order valence-electron chi connectivity index (χ2n) is 11.6. The van der Waals surface area contributed by atoms with E-state index in [4.69, 9.17) is 2.82 Å². The van der Waals surface area contributed by atoms with Crippen molar-refractivity contribution in [3.8, 4) is 56.4 Å². The van der Waals surface area contributed by atoms with Gasteiger partial charge in [0.05, 0.1) is 0 Å². The highest BCUT2D eigenvalue weighted by Gasteiger charge is 2.37. The molecule has 0 aliphatic heterocycles. The predicted molar refractivity (Wildman–Crippen MR) is 184 cm³/mol. The third-order valence-corrected chi connectivity index (χ3v) is 10.1. The Labute approximate surface area is 312 Å². The van der Waals surface area contributed by atoms with Gasteiger partial charge in [0.15, 0.2) is 11.5 Å². The standard InChI is InChI=1S/C34H20F6N4O10S2/c35-33(36,37)53-23-13-15(9-11-21(23)25-17-5-1-3-7-19(17)29(45)27(43-41)31(25)55(47,48)49)16-10-12-22(24(14-16)54-34(38,39)40)26-18-6-2-4-8-20(18)30(46)28(44-42)32(26)56(50,51)52/h1-14,41-42,45-46H,(H,47,48,49)(H,50,51,52)/b43-41+,44-42+. The fraction of sp³-hybridized carbons (Fsp3) is 0.0588. The van der Waals surface area contributed by atoms with E-state index in [1.54, 1.807) is 0 Å². The molecule has 22 heteroatoms. The summed E-state index contributed by atoms with van der Waals surface area (Å²) in [4.78, 5) is -2.57. The Hall–Kier alpha value is -6.36. The average molecular weight is 823 g/mol. The van der Waals surface area contributed by atoms with Crippen LogP contribution in [0.25, 0.3) is 54.9 Å². The van der Waals surface area contributed by atoms with Gasteiger partial charge in [0.2, 0.25) is 2.82 Å². The maximum Gasteiger partial charge on any atom is 0.573 e. The van der Waals surface area contributed by atoms with Gasteiger partial charge < -0.3 is 19.7 Å². The number of nitrogens with zero attached hydrogens (tertiary/aromatic N) is 2. The highest BCUT2D eigenvalue weighted by atomic mass is 32.2. The van der Waals surface area contributed by atoms with Crippen LogP contribution in [0.2, 0.25) is 2.82 Å². The fourth-order valence-corrected chi connectivity index (χ4v) is 7.94. The number of phenols is 2. The summed E-state index contributed by atoms with van der Waals surface area (Å²) in [6.07, 6.45) is -11.0. The Kier molecular flexibility index (Phi) is 8.98. The summed E-state index contributed by atoms with van der Waals surface area (Å²) < 4.78 is 178. The van der Waals surface area contributed by atoms with Crippen LogP contribution in [0.3, 0.4) is 0 Å². The second-order valence-corrected chi connectivity index (χ2v) is 14.3. The van der Waals surface area contributed by atoms with Crippen LogP contribution >= 0.6 is 0 Å². The molecule has 0 unspecified atom stereocenters. The Morgan fingerprint density at radius 1 is 0.571 bits per heavy atom. The van der Waals surface area contributed by atoms with Crippen molar-refractivity contribution in [2.24, 2.45) is 10.2 Å². The van der Waals surface area contributed by atoms with Crippen LogP contribution in [0.15, 0.2) is 105 Å². The maximum absolute atomic E-state index is 14.0. The number of fused-ring (bicyclic) bond motifs is 2. The molecule has 56 heavy (non-hydrogen) atoms. The van der Waals surface area contributed by atoms with E-state index < -0.39 is 99.4 Å². The van der Waals surface area contributed by atoms with Crippen LogP contribution in [0, 0.1) is 11.0 Å². The van der Waals surface area contributed by atoms with Gasteiger partial charge in [0.1, 0.15) is 32.7 Å². The lowest BCUT2D eigenvalue weighted by molar-refractivity contribution is -0.275. The largest absolute Gasteiger partial charge is 0.573 e. The van der Waals surface area contributed by atoms with Gasteiger partial charge in [-0.1, -0.05) is 60.7 Å². The molecule has 0 aromatic heterocycles. The molecule has 0 heterocycles. The van der Waals surface area contributed by atoms with E-state index in [1.807, 2.05) is 0 Å². The fourth-order valence-electron chi connectivity index (χ4n) is 6.22. The van der Waals surface area contributed by atoms with E-state index in [-0.39, 0.29) is 32.7 Å². The van der Waals surface area contributed by atoms with E-state index in [1.165, 1.54) is 36.4 Å². The van der Waals surface area contributed by atoms with Crippen molar-refractivity contribution in [1.82, 2.24) is 0 Å². The molecule has 0 spiro atoms. The van der Waals surface area contributed by atoms with Crippen LogP contribution in [0.5, 0.6) is 23.0 Å². The monoisotopic (exact) mass is 822 g/mol. The molecule has 0 saturated carbocycles. The van der Waals surface area contributed by atoms with Crippen molar-refractivity contribution >= 4 is 53.2 Å². The number of phenolic OH excluding ortho intramolecular Hbond substituents is 2. The van der Waals surface area contributed by atoms with Gasteiger partial charge in [-0.15, -0.1) is 26.3 Å². The molecular weight excluding hydrogens is 803 g/mol. The highest BCUT2D eigenvalue weighted by molar-refractivity contribution is 7.86. The number of hydrogen-bond acceptors (Lipinski definition) is 12. The lowest BCUT2D eigenvalue weighted by Gasteiger charge is -2.21. The Bertz CT molecular complexity index is 2750. The van der Waals surface area contributed by atoms with Crippen LogP contribution in [0.1, 0.15) is 0 Å². The number of ether oxygens (including phenoxy) is 2. The third-order valence-electron chi connectivity index (χ3n) is 8.24. The van der Waals surface area contributed by atoms with Gasteiger partial charge in [-0.25, -0.2) is 11.0 Å². The van der Waals surface area contributed by atoms with Crippen molar-refractivity contribution < 1.29 is 74.8 Å². The van der Waals surface area contributed by atoms with Gasteiger partial charge in [-0.2, -0.15) is 27.1 Å². The third kappa shape index (κ3) is 7.24. The van der Waals surface area contributed by atoms with Crippen LogP contribution in [-0.4, -0.2) is 48.9 Å². The first kappa shape index (κ1) is 36.6. The van der Waals surface area contributed by atoms with Crippen LogP contribution < -0.4 is 9.47 Å². The molecule has 0 saturated heterocycles. The predicted octanol–water partition coefficient (Wildman–Crippen LogP) is 10.0. The number of nitrogens with one attached hydrogen (secondary N) is 2.